The van der Waals surface area contributed by atoms with E-state index in [-0.39, 0.29) is 0 Å². The summed E-state index contributed by atoms with van der Waals surface area (Å²) in [5.74, 6) is 1.26. The molecule has 2 aromatic rings. The molecule has 0 radical (unpaired) electrons. The molecule has 1 aromatic heterocycles. The predicted octanol–water partition coefficient (Wildman–Crippen LogP) is 2.48. The molecule has 0 amide bonds. The summed E-state index contributed by atoms with van der Waals surface area (Å²) >= 11 is 0. The van der Waals surface area contributed by atoms with Crippen molar-refractivity contribution in [1.82, 2.24) is 9.97 Å². The first-order valence-electron chi connectivity index (χ1n) is 6.70. The Labute approximate surface area is 119 Å². The molecule has 0 saturated heterocycles. The van der Waals surface area contributed by atoms with E-state index in [4.69, 9.17) is 10.5 Å². The average molecular weight is 272 g/mol. The molecule has 0 saturated carbocycles. The lowest BCUT2D eigenvalue weighted by molar-refractivity contribution is 0.305. The van der Waals surface area contributed by atoms with Gasteiger partial charge >= 0.3 is 0 Å². The number of hydrogen-bond donors (Lipinski definition) is 1. The van der Waals surface area contributed by atoms with E-state index in [1.807, 2.05) is 36.2 Å². The van der Waals surface area contributed by atoms with Gasteiger partial charge in [0.15, 0.2) is 0 Å². The van der Waals surface area contributed by atoms with Gasteiger partial charge in [0.1, 0.15) is 0 Å². The highest BCUT2D eigenvalue weighted by Crippen LogP contribution is 2.15. The second-order valence-electron chi connectivity index (χ2n) is 4.64. The van der Waals surface area contributed by atoms with Crippen molar-refractivity contribution in [3.05, 3.63) is 42.1 Å². The highest BCUT2D eigenvalue weighted by Gasteiger charge is 2.06. The summed E-state index contributed by atoms with van der Waals surface area (Å²) in [6.07, 6.45) is 2.67. The van der Waals surface area contributed by atoms with E-state index in [2.05, 4.69) is 16.9 Å². The minimum atomic E-state index is 0.612. The van der Waals surface area contributed by atoms with Crippen molar-refractivity contribution < 1.29 is 4.74 Å². The Bertz CT molecular complexity index is 542. The molecule has 2 N–H and O–H groups in total. The first-order chi connectivity index (χ1) is 9.69. The van der Waals surface area contributed by atoms with Crippen molar-refractivity contribution >= 4 is 11.6 Å². The van der Waals surface area contributed by atoms with Gasteiger partial charge < -0.3 is 15.4 Å². The highest BCUT2D eigenvalue weighted by molar-refractivity contribution is 5.41. The lowest BCUT2D eigenvalue weighted by Gasteiger charge is -2.17. The van der Waals surface area contributed by atoms with Crippen LogP contribution in [-0.4, -0.2) is 23.6 Å². The van der Waals surface area contributed by atoms with Gasteiger partial charge in [0.25, 0.3) is 0 Å². The maximum atomic E-state index is 5.68. The van der Waals surface area contributed by atoms with Gasteiger partial charge in [0.05, 0.1) is 6.61 Å². The van der Waals surface area contributed by atoms with Crippen LogP contribution in [0.4, 0.5) is 11.6 Å². The van der Waals surface area contributed by atoms with Crippen LogP contribution in [0.2, 0.25) is 0 Å². The Balaban J connectivity index is 2.04. The normalized spacial score (nSPS) is 10.3. The number of hydrogen-bond acceptors (Lipinski definition) is 5. The van der Waals surface area contributed by atoms with Crippen molar-refractivity contribution in [3.63, 3.8) is 0 Å². The molecule has 0 bridgehead atoms. The lowest BCUT2D eigenvalue weighted by Crippen LogP contribution is -2.19. The summed E-state index contributed by atoms with van der Waals surface area (Å²) in [6, 6.07) is 9.57. The number of nitrogens with zero attached hydrogens (tertiary/aromatic N) is 3. The average Bonchev–Trinajstić information content (AvgIpc) is 2.48. The van der Waals surface area contributed by atoms with E-state index in [9.17, 15) is 0 Å². The van der Waals surface area contributed by atoms with Gasteiger partial charge in [0.2, 0.25) is 11.8 Å². The number of benzene rings is 1. The van der Waals surface area contributed by atoms with Gasteiger partial charge in [-0.2, -0.15) is 4.98 Å². The molecule has 1 heterocycles. The molecule has 5 heteroatoms. The highest BCUT2D eigenvalue weighted by atomic mass is 16.5. The van der Waals surface area contributed by atoms with Crippen LogP contribution in [0.25, 0.3) is 0 Å². The Hall–Kier alpha value is -2.30. The first-order valence-corrected chi connectivity index (χ1v) is 6.70. The fraction of sp³-hybridized carbons (Fsp3) is 0.333. The van der Waals surface area contributed by atoms with Crippen LogP contribution >= 0.6 is 0 Å². The van der Waals surface area contributed by atoms with Gasteiger partial charge in [0, 0.05) is 31.5 Å². The van der Waals surface area contributed by atoms with Crippen LogP contribution in [0, 0.1) is 0 Å². The zero-order valence-corrected chi connectivity index (χ0v) is 11.9. The maximum absolute atomic E-state index is 5.68. The molecule has 5 nitrogen and oxygen atoms in total. The SMILES string of the molecule is CCCOc1ccnc(N(C)Cc2ccc(N)cc2)n1. The van der Waals surface area contributed by atoms with E-state index in [0.29, 0.717) is 18.4 Å². The molecule has 1 aromatic carbocycles. The van der Waals surface area contributed by atoms with Crippen molar-refractivity contribution in [2.45, 2.75) is 19.9 Å². The van der Waals surface area contributed by atoms with Crippen LogP contribution in [0.1, 0.15) is 18.9 Å². The number of rotatable bonds is 6. The minimum Gasteiger partial charge on any atom is -0.478 e. The summed E-state index contributed by atoms with van der Waals surface area (Å²) in [5.41, 5.74) is 7.60. The molecular weight excluding hydrogens is 252 g/mol. The van der Waals surface area contributed by atoms with E-state index in [0.717, 1.165) is 24.2 Å². The van der Waals surface area contributed by atoms with Crippen molar-refractivity contribution in [1.29, 1.82) is 0 Å². The van der Waals surface area contributed by atoms with Gasteiger partial charge in [-0.25, -0.2) is 4.98 Å². The summed E-state index contributed by atoms with van der Waals surface area (Å²) in [5, 5.41) is 0. The predicted molar refractivity (Wildman–Crippen MR) is 80.8 cm³/mol. The first kappa shape index (κ1) is 14.1. The monoisotopic (exact) mass is 272 g/mol. The Morgan fingerprint density at radius 1 is 1.20 bits per heavy atom. The number of nitrogens with two attached hydrogens (primary N) is 1. The van der Waals surface area contributed by atoms with Crippen LogP contribution in [0.15, 0.2) is 36.5 Å². The zero-order chi connectivity index (χ0) is 14.4. The fourth-order valence-corrected chi connectivity index (χ4v) is 1.77. The second kappa shape index (κ2) is 6.75. The maximum Gasteiger partial charge on any atom is 0.228 e. The van der Waals surface area contributed by atoms with Crippen LogP contribution in [0.5, 0.6) is 5.88 Å². The van der Waals surface area contributed by atoms with E-state index in [1.165, 1.54) is 0 Å². The topological polar surface area (TPSA) is 64.3 Å². The quantitative estimate of drug-likeness (QED) is 0.818. The third-order valence-corrected chi connectivity index (χ3v) is 2.81. The standard InChI is InChI=1S/C15H20N4O/c1-3-10-20-14-8-9-17-15(18-14)19(2)11-12-4-6-13(16)7-5-12/h4-9H,3,10-11,16H2,1-2H3. The van der Waals surface area contributed by atoms with Crippen molar-refractivity contribution in [2.24, 2.45) is 0 Å². The molecule has 0 spiro atoms. The number of anilines is 2. The number of aromatic nitrogens is 2. The lowest BCUT2D eigenvalue weighted by atomic mass is 10.2. The Morgan fingerprint density at radius 2 is 1.95 bits per heavy atom. The van der Waals surface area contributed by atoms with Crippen LogP contribution in [-0.2, 0) is 6.54 Å². The number of ether oxygens (including phenoxy) is 1. The van der Waals surface area contributed by atoms with Crippen LogP contribution in [0.3, 0.4) is 0 Å². The van der Waals surface area contributed by atoms with Crippen molar-refractivity contribution in [3.8, 4) is 5.88 Å². The smallest absolute Gasteiger partial charge is 0.228 e. The van der Waals surface area contributed by atoms with Gasteiger partial charge in [-0.15, -0.1) is 0 Å². The molecule has 0 aliphatic heterocycles. The molecule has 20 heavy (non-hydrogen) atoms. The van der Waals surface area contributed by atoms with Crippen molar-refractivity contribution in [2.75, 3.05) is 24.3 Å². The van der Waals surface area contributed by atoms with Gasteiger partial charge in [-0.05, 0) is 24.1 Å². The van der Waals surface area contributed by atoms with E-state index < -0.39 is 0 Å². The second-order valence-corrected chi connectivity index (χ2v) is 4.64. The molecule has 0 unspecified atom stereocenters. The van der Waals surface area contributed by atoms with Gasteiger partial charge in [-0.1, -0.05) is 19.1 Å². The van der Waals surface area contributed by atoms with Crippen LogP contribution < -0.4 is 15.4 Å². The molecule has 2 rings (SSSR count). The van der Waals surface area contributed by atoms with Gasteiger partial charge in [-0.3, -0.25) is 0 Å². The molecule has 0 atom stereocenters. The minimum absolute atomic E-state index is 0.612. The Kier molecular flexibility index (Phi) is 4.76. The third-order valence-electron chi connectivity index (χ3n) is 2.81. The summed E-state index contributed by atoms with van der Waals surface area (Å²) in [7, 11) is 1.95. The Morgan fingerprint density at radius 3 is 2.65 bits per heavy atom. The largest absolute Gasteiger partial charge is 0.478 e. The fourth-order valence-electron chi connectivity index (χ4n) is 1.77. The molecule has 0 aliphatic rings. The summed E-state index contributed by atoms with van der Waals surface area (Å²) in [4.78, 5) is 10.6. The molecular formula is C15H20N4O. The summed E-state index contributed by atoms with van der Waals surface area (Å²) in [6.45, 7) is 3.45. The third kappa shape index (κ3) is 3.85. The van der Waals surface area contributed by atoms with E-state index in [1.54, 1.807) is 12.3 Å². The zero-order valence-electron chi connectivity index (χ0n) is 11.9. The summed E-state index contributed by atoms with van der Waals surface area (Å²) < 4.78 is 5.52. The van der Waals surface area contributed by atoms with E-state index >= 15 is 0 Å². The molecule has 0 fully saturated rings. The molecule has 0 aliphatic carbocycles. The molecule has 106 valence electrons. The number of nitrogen functional groups attached to an aromatic ring is 1.